The number of aromatic nitrogens is 1. The van der Waals surface area contributed by atoms with Crippen LogP contribution in [0, 0.1) is 13.8 Å². The van der Waals surface area contributed by atoms with E-state index in [1.165, 1.54) is 24.3 Å². The highest BCUT2D eigenvalue weighted by molar-refractivity contribution is 7.89. The van der Waals surface area contributed by atoms with Gasteiger partial charge in [-0.05, 0) is 50.6 Å². The first kappa shape index (κ1) is 21.5. The Labute approximate surface area is 162 Å². The summed E-state index contributed by atoms with van der Waals surface area (Å²) in [6.45, 7) is 5.25. The Morgan fingerprint density at radius 1 is 1.04 bits per heavy atom. The number of aryl methyl sites for hydroxylation is 1. The average Bonchev–Trinajstić information content (AvgIpc) is 2.93. The number of nitrogens with two attached hydrogens (primary N) is 1. The van der Waals surface area contributed by atoms with Crippen molar-refractivity contribution in [1.29, 1.82) is 0 Å². The van der Waals surface area contributed by atoms with Crippen LogP contribution in [-0.2, 0) is 19.5 Å². The van der Waals surface area contributed by atoms with Crippen LogP contribution in [-0.4, -0.2) is 45.2 Å². The molecule has 152 valence electrons. The summed E-state index contributed by atoms with van der Waals surface area (Å²) >= 11 is 0. The van der Waals surface area contributed by atoms with Gasteiger partial charge in [0.1, 0.15) is 24.7 Å². The van der Waals surface area contributed by atoms with Gasteiger partial charge in [0.15, 0.2) is 0 Å². The maximum Gasteiger partial charge on any atom is 0.355 e. The molecule has 2 aromatic rings. The molecule has 0 unspecified atom stereocenters. The zero-order chi connectivity index (χ0) is 20.9. The normalized spacial score (nSPS) is 11.1. The molecule has 0 radical (unpaired) electrons. The van der Waals surface area contributed by atoms with Crippen LogP contribution in [0.2, 0.25) is 0 Å². The number of ether oxygens (including phenoxy) is 3. The van der Waals surface area contributed by atoms with Crippen LogP contribution in [0.4, 0.5) is 0 Å². The number of carbonyl (C=O) groups excluding carboxylic acids is 2. The Hall–Kier alpha value is -2.85. The maximum atomic E-state index is 12.3. The number of carbonyl (C=O) groups is 2. The summed E-state index contributed by atoms with van der Waals surface area (Å²) in [7, 11) is -3.76. The van der Waals surface area contributed by atoms with Crippen LogP contribution < -0.4 is 9.88 Å². The molecule has 0 amide bonds. The molecule has 0 atom stereocenters. The average molecular weight is 410 g/mol. The van der Waals surface area contributed by atoms with E-state index in [1.807, 2.05) is 0 Å². The molecule has 0 bridgehead atoms. The van der Waals surface area contributed by atoms with E-state index in [2.05, 4.69) is 4.98 Å². The van der Waals surface area contributed by atoms with E-state index in [-0.39, 0.29) is 36.0 Å². The Balaban J connectivity index is 1.92. The lowest BCUT2D eigenvalue weighted by Gasteiger charge is -2.08. The van der Waals surface area contributed by atoms with Crippen molar-refractivity contribution in [3.05, 3.63) is 46.8 Å². The quantitative estimate of drug-likeness (QED) is 0.499. The van der Waals surface area contributed by atoms with Crippen molar-refractivity contribution in [2.45, 2.75) is 25.7 Å². The van der Waals surface area contributed by atoms with Crippen molar-refractivity contribution in [1.82, 2.24) is 4.98 Å². The van der Waals surface area contributed by atoms with Gasteiger partial charge in [-0.25, -0.2) is 23.1 Å². The summed E-state index contributed by atoms with van der Waals surface area (Å²) in [5.41, 5.74) is 1.46. The predicted molar refractivity (Wildman–Crippen MR) is 99.8 cm³/mol. The van der Waals surface area contributed by atoms with Crippen LogP contribution in [0.3, 0.4) is 0 Å². The third-order valence-corrected chi connectivity index (χ3v) is 4.79. The van der Waals surface area contributed by atoms with Crippen LogP contribution in [0.5, 0.6) is 5.75 Å². The van der Waals surface area contributed by atoms with Gasteiger partial charge >= 0.3 is 11.9 Å². The van der Waals surface area contributed by atoms with Gasteiger partial charge in [-0.15, -0.1) is 0 Å². The highest BCUT2D eigenvalue weighted by Crippen LogP contribution is 2.20. The molecule has 0 aliphatic heterocycles. The minimum absolute atomic E-state index is 0.0258. The molecular weight excluding hydrogens is 388 g/mol. The molecule has 2 rings (SSSR count). The van der Waals surface area contributed by atoms with E-state index in [0.29, 0.717) is 17.0 Å². The molecule has 3 N–H and O–H groups in total. The summed E-state index contributed by atoms with van der Waals surface area (Å²) in [5, 5.41) is 5.02. The van der Waals surface area contributed by atoms with E-state index in [9.17, 15) is 18.0 Å². The van der Waals surface area contributed by atoms with Gasteiger partial charge in [-0.2, -0.15) is 0 Å². The number of hydrogen-bond donors (Lipinski definition) is 2. The summed E-state index contributed by atoms with van der Waals surface area (Å²) in [5.74, 6) is -0.717. The summed E-state index contributed by atoms with van der Waals surface area (Å²) < 4.78 is 37.9. The number of aromatic amines is 1. The first-order chi connectivity index (χ1) is 13.1. The molecule has 1 heterocycles. The molecule has 28 heavy (non-hydrogen) atoms. The second kappa shape index (κ2) is 8.89. The standard InChI is InChI=1S/C18H22N2O7S/c1-4-25-18(22)16-11(2)15(12(3)20-16)17(21)27-10-9-26-13-5-7-14(8-6-13)28(19,23)24/h5-8,20H,4,9-10H2,1-3H3,(H2,19,23,24). The summed E-state index contributed by atoms with van der Waals surface area (Å²) in [6.07, 6.45) is 0. The molecule has 1 aromatic carbocycles. The van der Waals surface area contributed by atoms with Gasteiger partial charge in [-0.1, -0.05) is 0 Å². The Morgan fingerprint density at radius 3 is 2.25 bits per heavy atom. The number of rotatable bonds is 8. The first-order valence-corrected chi connectivity index (χ1v) is 9.98. The molecule has 0 spiro atoms. The molecule has 0 fully saturated rings. The van der Waals surface area contributed by atoms with E-state index in [4.69, 9.17) is 19.3 Å². The van der Waals surface area contributed by atoms with Crippen molar-refractivity contribution in [3.8, 4) is 5.75 Å². The lowest BCUT2D eigenvalue weighted by atomic mass is 10.1. The number of hydrogen-bond acceptors (Lipinski definition) is 7. The molecule has 1 aromatic heterocycles. The third-order valence-electron chi connectivity index (χ3n) is 3.86. The lowest BCUT2D eigenvalue weighted by molar-refractivity contribution is 0.0449. The van der Waals surface area contributed by atoms with Gasteiger partial charge in [-0.3, -0.25) is 0 Å². The third kappa shape index (κ3) is 5.11. The Morgan fingerprint density at radius 2 is 1.68 bits per heavy atom. The highest BCUT2D eigenvalue weighted by Gasteiger charge is 2.23. The molecule has 0 aliphatic rings. The van der Waals surface area contributed by atoms with Crippen molar-refractivity contribution >= 4 is 22.0 Å². The van der Waals surface area contributed by atoms with Gasteiger partial charge in [0.25, 0.3) is 0 Å². The predicted octanol–water partition coefficient (Wildman–Crippen LogP) is 1.69. The minimum atomic E-state index is -3.76. The molecule has 0 saturated carbocycles. The number of H-pyrrole nitrogens is 1. The van der Waals surface area contributed by atoms with Crippen molar-refractivity contribution in [3.63, 3.8) is 0 Å². The van der Waals surface area contributed by atoms with E-state index < -0.39 is 22.0 Å². The minimum Gasteiger partial charge on any atom is -0.490 e. The van der Waals surface area contributed by atoms with Gasteiger partial charge < -0.3 is 19.2 Å². The highest BCUT2D eigenvalue weighted by atomic mass is 32.2. The fraction of sp³-hybridized carbons (Fsp3) is 0.333. The number of primary sulfonamides is 1. The smallest absolute Gasteiger partial charge is 0.355 e. The second-order valence-electron chi connectivity index (χ2n) is 5.85. The SMILES string of the molecule is CCOC(=O)c1[nH]c(C)c(C(=O)OCCOc2ccc(S(N)(=O)=O)cc2)c1C. The zero-order valence-corrected chi connectivity index (χ0v) is 16.6. The van der Waals surface area contributed by atoms with Gasteiger partial charge in [0.05, 0.1) is 17.1 Å². The Kier molecular flexibility index (Phi) is 6.81. The fourth-order valence-electron chi connectivity index (χ4n) is 2.56. The molecule has 10 heteroatoms. The Bertz CT molecular complexity index is 963. The zero-order valence-electron chi connectivity index (χ0n) is 15.8. The second-order valence-corrected chi connectivity index (χ2v) is 7.41. The van der Waals surface area contributed by atoms with E-state index >= 15 is 0 Å². The molecular formula is C18H22N2O7S. The monoisotopic (exact) mass is 410 g/mol. The first-order valence-electron chi connectivity index (χ1n) is 8.44. The topological polar surface area (TPSA) is 138 Å². The van der Waals surface area contributed by atoms with Crippen molar-refractivity contribution in [2.24, 2.45) is 5.14 Å². The number of esters is 2. The van der Waals surface area contributed by atoms with Crippen LogP contribution in [0.15, 0.2) is 29.2 Å². The summed E-state index contributed by atoms with van der Waals surface area (Å²) in [4.78, 5) is 27.0. The van der Waals surface area contributed by atoms with Crippen LogP contribution >= 0.6 is 0 Å². The number of nitrogens with one attached hydrogen (secondary N) is 1. The largest absolute Gasteiger partial charge is 0.490 e. The van der Waals surface area contributed by atoms with Gasteiger partial charge in [0.2, 0.25) is 10.0 Å². The number of benzene rings is 1. The van der Waals surface area contributed by atoms with Crippen molar-refractivity contribution < 1.29 is 32.2 Å². The van der Waals surface area contributed by atoms with Gasteiger partial charge in [0, 0.05) is 5.69 Å². The molecule has 0 saturated heterocycles. The maximum absolute atomic E-state index is 12.3. The van der Waals surface area contributed by atoms with E-state index in [1.54, 1.807) is 20.8 Å². The number of sulfonamides is 1. The fourth-order valence-corrected chi connectivity index (χ4v) is 3.07. The van der Waals surface area contributed by atoms with Crippen LogP contribution in [0.1, 0.15) is 39.0 Å². The lowest BCUT2D eigenvalue weighted by Crippen LogP contribution is -2.14. The molecule has 0 aliphatic carbocycles. The van der Waals surface area contributed by atoms with Crippen LogP contribution in [0.25, 0.3) is 0 Å². The summed E-state index contributed by atoms with van der Waals surface area (Å²) in [6, 6.07) is 5.54. The molecule has 9 nitrogen and oxygen atoms in total. The van der Waals surface area contributed by atoms with E-state index in [0.717, 1.165) is 0 Å². The van der Waals surface area contributed by atoms with Crippen molar-refractivity contribution in [2.75, 3.05) is 19.8 Å².